The number of sulfone groups is 1. The predicted molar refractivity (Wildman–Crippen MR) is 201 cm³/mol. The van der Waals surface area contributed by atoms with Gasteiger partial charge in [-0.05, 0) is 82.9 Å². The summed E-state index contributed by atoms with van der Waals surface area (Å²) in [7, 11) is -4.28. The molecular weight excluding hydrogens is 649 g/mol. The third-order valence-electron chi connectivity index (χ3n) is 10.5. The highest BCUT2D eigenvalue weighted by atomic mass is 32.2. The van der Waals surface area contributed by atoms with Gasteiger partial charge in [-0.25, -0.2) is 8.42 Å². The second-order valence-electron chi connectivity index (χ2n) is 14.1. The number of nitrogens with zero attached hydrogens (tertiary/aromatic N) is 4. The molecule has 0 fully saturated rings. The highest BCUT2D eigenvalue weighted by molar-refractivity contribution is 7.91. The van der Waals surface area contributed by atoms with E-state index in [0.29, 0.717) is 11.4 Å². The normalized spacial score (nSPS) is 15.0. The zero-order valence-corrected chi connectivity index (χ0v) is 29.5. The lowest BCUT2D eigenvalue weighted by atomic mass is 9.73. The van der Waals surface area contributed by atoms with Crippen LogP contribution in [-0.2, 0) is 20.7 Å². The Kier molecular flexibility index (Phi) is 7.20. The second-order valence-corrected chi connectivity index (χ2v) is 16.0. The van der Waals surface area contributed by atoms with Crippen molar-refractivity contribution in [3.63, 3.8) is 0 Å². The molecule has 7 heteroatoms. The van der Waals surface area contributed by atoms with Crippen molar-refractivity contribution in [3.05, 3.63) is 167 Å². The Balaban J connectivity index is 1.23. The maximum absolute atomic E-state index is 14.4. The molecule has 0 radical (unpaired) electrons. The van der Waals surface area contributed by atoms with Crippen molar-refractivity contribution in [2.24, 2.45) is 0 Å². The maximum atomic E-state index is 14.4. The quantitative estimate of drug-likeness (QED) is 0.184. The number of nitriles is 2. The van der Waals surface area contributed by atoms with Crippen LogP contribution in [0.4, 0.5) is 34.1 Å². The Morgan fingerprint density at radius 3 is 1.06 bits per heavy atom. The molecule has 6 aromatic carbocycles. The molecule has 0 unspecified atom stereocenters. The third-order valence-corrected chi connectivity index (χ3v) is 12.4. The molecule has 6 nitrogen and oxygen atoms in total. The number of fused-ring (bicyclic) bond motifs is 4. The van der Waals surface area contributed by atoms with Gasteiger partial charge in [-0.15, -0.1) is 0 Å². The summed E-state index contributed by atoms with van der Waals surface area (Å²) in [6, 6.07) is 46.6. The van der Waals surface area contributed by atoms with Crippen molar-refractivity contribution in [1.82, 2.24) is 0 Å². The van der Waals surface area contributed by atoms with E-state index >= 15 is 0 Å². The van der Waals surface area contributed by atoms with E-state index in [9.17, 15) is 18.9 Å². The molecule has 2 aliphatic rings. The molecule has 0 saturated carbocycles. The van der Waals surface area contributed by atoms with E-state index in [2.05, 4.69) is 73.9 Å². The fraction of sp³-hybridized carbons (Fsp3) is 0.136. The minimum Gasteiger partial charge on any atom is -0.310 e. The summed E-state index contributed by atoms with van der Waals surface area (Å²) in [5.41, 5.74) is 9.17. The van der Waals surface area contributed by atoms with Crippen LogP contribution in [0.2, 0.25) is 0 Å². The maximum Gasteiger partial charge on any atom is 0.209 e. The van der Waals surface area contributed by atoms with E-state index in [4.69, 9.17) is 0 Å². The number of hydrogen-bond acceptors (Lipinski definition) is 6. The minimum absolute atomic E-state index is 0.00128. The fourth-order valence-electron chi connectivity index (χ4n) is 7.97. The van der Waals surface area contributed by atoms with Crippen LogP contribution in [-0.4, -0.2) is 8.42 Å². The average molecular weight is 683 g/mol. The molecule has 0 spiro atoms. The Labute approximate surface area is 299 Å². The topological polar surface area (TPSA) is 88.2 Å². The lowest BCUT2D eigenvalue weighted by Gasteiger charge is -2.42. The summed E-state index contributed by atoms with van der Waals surface area (Å²) in [6.07, 6.45) is 0. The van der Waals surface area contributed by atoms with Crippen LogP contribution in [0.5, 0.6) is 0 Å². The second kappa shape index (κ2) is 11.5. The summed E-state index contributed by atoms with van der Waals surface area (Å²) in [4.78, 5) is 3.87. The van der Waals surface area contributed by atoms with Crippen LogP contribution < -0.4 is 9.80 Å². The molecule has 6 aromatic rings. The lowest BCUT2D eigenvalue weighted by molar-refractivity contribution is 0.595. The van der Waals surface area contributed by atoms with Crippen molar-refractivity contribution < 1.29 is 8.42 Å². The first-order valence-electron chi connectivity index (χ1n) is 16.8. The van der Waals surface area contributed by atoms with E-state index in [-0.39, 0.29) is 31.7 Å². The summed E-state index contributed by atoms with van der Waals surface area (Å²) in [5.74, 6) is 0. The van der Waals surface area contributed by atoms with Crippen molar-refractivity contribution in [2.75, 3.05) is 9.80 Å². The molecule has 0 aromatic heterocycles. The Hall–Kier alpha value is -6.15. The largest absolute Gasteiger partial charge is 0.310 e. The monoisotopic (exact) mass is 682 g/mol. The zero-order valence-electron chi connectivity index (χ0n) is 28.7. The molecule has 0 N–H and O–H groups in total. The van der Waals surface area contributed by atoms with Crippen LogP contribution in [0.3, 0.4) is 0 Å². The lowest BCUT2D eigenvalue weighted by Crippen LogP contribution is -2.30. The zero-order chi connectivity index (χ0) is 35.7. The average Bonchev–Trinajstić information content (AvgIpc) is 3.15. The van der Waals surface area contributed by atoms with E-state index < -0.39 is 9.84 Å². The van der Waals surface area contributed by atoms with E-state index in [1.165, 1.54) is 12.1 Å². The van der Waals surface area contributed by atoms with Gasteiger partial charge in [0.25, 0.3) is 0 Å². The van der Waals surface area contributed by atoms with Gasteiger partial charge in [0, 0.05) is 22.2 Å². The van der Waals surface area contributed by atoms with Gasteiger partial charge in [-0.2, -0.15) is 10.5 Å². The number of benzene rings is 6. The SMILES string of the molecule is CC1(C)c2ccccc2N(c2ccc(S(=O)(=O)c3ccc(N4c5ccccc5C(C)(C)c5ccccc54)cc3C#N)c(C#N)c2)c2ccccc21. The van der Waals surface area contributed by atoms with Crippen molar-refractivity contribution in [3.8, 4) is 12.1 Å². The first-order valence-corrected chi connectivity index (χ1v) is 18.3. The van der Waals surface area contributed by atoms with Gasteiger partial charge in [-0.1, -0.05) is 100 Å². The minimum atomic E-state index is -4.28. The first-order chi connectivity index (χ1) is 24.5. The predicted octanol–water partition coefficient (Wildman–Crippen LogP) is 10.5. The summed E-state index contributed by atoms with van der Waals surface area (Å²) < 4.78 is 28.8. The Bertz CT molecular complexity index is 2340. The summed E-state index contributed by atoms with van der Waals surface area (Å²) in [5, 5.41) is 20.8. The van der Waals surface area contributed by atoms with Gasteiger partial charge < -0.3 is 9.80 Å². The van der Waals surface area contributed by atoms with Crippen LogP contribution in [0.1, 0.15) is 61.1 Å². The van der Waals surface area contributed by atoms with E-state index in [0.717, 1.165) is 45.0 Å². The highest BCUT2D eigenvalue weighted by Crippen LogP contribution is 2.53. The van der Waals surface area contributed by atoms with Crippen LogP contribution in [0, 0.1) is 22.7 Å². The van der Waals surface area contributed by atoms with Crippen LogP contribution in [0.25, 0.3) is 0 Å². The van der Waals surface area contributed by atoms with E-state index in [1.807, 2.05) is 72.8 Å². The standard InChI is InChI=1S/C44H34N4O2S/c1-43(2)33-13-5-9-17-37(33)47(38-18-10-6-14-34(38)43)31-21-23-41(29(25-31)27-45)51(49,50)42-24-22-32(26-30(42)28-46)48-39-19-11-7-15-35(39)44(3,4)36-16-8-12-20-40(36)48/h5-26H,1-4H3. The van der Waals surface area contributed by atoms with Gasteiger partial charge in [0.2, 0.25) is 9.84 Å². The number of anilines is 6. The Morgan fingerprint density at radius 2 is 0.765 bits per heavy atom. The van der Waals surface area contributed by atoms with Crippen molar-refractivity contribution >= 4 is 44.0 Å². The number of hydrogen-bond donors (Lipinski definition) is 0. The fourth-order valence-corrected chi connectivity index (χ4v) is 9.49. The molecule has 0 saturated heterocycles. The first kappa shape index (κ1) is 32.1. The highest BCUT2D eigenvalue weighted by Gasteiger charge is 2.38. The van der Waals surface area contributed by atoms with Gasteiger partial charge >= 0.3 is 0 Å². The molecule has 0 amide bonds. The van der Waals surface area contributed by atoms with Crippen molar-refractivity contribution in [2.45, 2.75) is 48.3 Å². The number of rotatable bonds is 4. The number of para-hydroxylation sites is 4. The molecule has 51 heavy (non-hydrogen) atoms. The summed E-state index contributed by atoms with van der Waals surface area (Å²) in [6.45, 7) is 8.78. The van der Waals surface area contributed by atoms with E-state index in [1.54, 1.807) is 24.3 Å². The smallest absolute Gasteiger partial charge is 0.209 e. The van der Waals surface area contributed by atoms with Gasteiger partial charge in [0.1, 0.15) is 12.1 Å². The van der Waals surface area contributed by atoms with Gasteiger partial charge in [0.05, 0.1) is 43.7 Å². The molecule has 2 aliphatic heterocycles. The third kappa shape index (κ3) is 4.70. The molecular formula is C44H34N4O2S. The Morgan fingerprint density at radius 1 is 0.471 bits per heavy atom. The molecule has 0 bridgehead atoms. The van der Waals surface area contributed by atoms with Crippen LogP contribution in [0.15, 0.2) is 143 Å². The molecule has 0 atom stereocenters. The molecule has 0 aliphatic carbocycles. The molecule has 2 heterocycles. The molecule has 8 rings (SSSR count). The summed E-state index contributed by atoms with van der Waals surface area (Å²) >= 11 is 0. The molecule has 248 valence electrons. The van der Waals surface area contributed by atoms with Crippen molar-refractivity contribution in [1.29, 1.82) is 10.5 Å². The van der Waals surface area contributed by atoms with Crippen LogP contribution >= 0.6 is 0 Å². The van der Waals surface area contributed by atoms with Gasteiger partial charge in [0.15, 0.2) is 0 Å². The van der Waals surface area contributed by atoms with Gasteiger partial charge in [-0.3, -0.25) is 0 Å².